The molecule has 1 heterocycles. The highest BCUT2D eigenvalue weighted by Gasteiger charge is 2.45. The number of ketones is 1. The van der Waals surface area contributed by atoms with Crippen LogP contribution in [0.4, 0.5) is 0 Å². The molecule has 1 atom stereocenters. The average Bonchev–Trinajstić information content (AvgIpc) is 3.12. The normalized spacial score (nSPS) is 17.0. The predicted octanol–water partition coefficient (Wildman–Crippen LogP) is 5.60. The van der Waals surface area contributed by atoms with Gasteiger partial charge >= 0.3 is 0 Å². The standard InChI is InChI=1S/C30H31ClN2O4/c1-20-7-4-8-21(17-20)19-37-25-13-11-22(12-14-25)28(34)26-27(23-9-5-10-24(31)18-23)33(30(36)29(26)35)16-6-15-32(2)3/h4-5,7-14,17-18,27,34H,6,15-16,19H2,1-3H3. The van der Waals surface area contributed by atoms with Crippen molar-refractivity contribution in [1.29, 1.82) is 0 Å². The molecule has 0 aliphatic carbocycles. The number of halogens is 1. The van der Waals surface area contributed by atoms with Crippen LogP contribution in [0, 0.1) is 6.92 Å². The number of aryl methyl sites for hydroxylation is 1. The molecule has 1 fully saturated rings. The van der Waals surface area contributed by atoms with E-state index < -0.39 is 17.7 Å². The summed E-state index contributed by atoms with van der Waals surface area (Å²) in [6.07, 6.45) is 0.685. The van der Waals surface area contributed by atoms with E-state index in [1.54, 1.807) is 42.5 Å². The Hall–Kier alpha value is -3.61. The smallest absolute Gasteiger partial charge is 0.295 e. The minimum absolute atomic E-state index is 0.0607. The van der Waals surface area contributed by atoms with Crippen LogP contribution in [0.1, 0.15) is 34.7 Å². The summed E-state index contributed by atoms with van der Waals surface area (Å²) in [5.74, 6) is -0.909. The van der Waals surface area contributed by atoms with Gasteiger partial charge in [-0.05, 0) is 81.5 Å². The number of amides is 1. The quantitative estimate of drug-likeness (QED) is 0.227. The van der Waals surface area contributed by atoms with E-state index in [2.05, 4.69) is 6.07 Å². The lowest BCUT2D eigenvalue weighted by Crippen LogP contribution is -2.32. The van der Waals surface area contributed by atoms with E-state index in [0.717, 1.165) is 17.7 Å². The maximum atomic E-state index is 13.2. The van der Waals surface area contributed by atoms with Crippen molar-refractivity contribution in [2.45, 2.75) is 26.0 Å². The monoisotopic (exact) mass is 518 g/mol. The molecule has 4 rings (SSSR count). The Bertz CT molecular complexity index is 1320. The number of hydrogen-bond acceptors (Lipinski definition) is 5. The number of rotatable bonds is 9. The van der Waals surface area contributed by atoms with E-state index in [0.29, 0.717) is 41.5 Å². The molecule has 1 N–H and O–H groups in total. The van der Waals surface area contributed by atoms with Crippen LogP contribution in [0.2, 0.25) is 5.02 Å². The summed E-state index contributed by atoms with van der Waals surface area (Å²) in [6, 6.07) is 21.3. The highest BCUT2D eigenvalue weighted by molar-refractivity contribution is 6.46. The molecule has 1 unspecified atom stereocenters. The third-order valence-electron chi connectivity index (χ3n) is 6.32. The summed E-state index contributed by atoms with van der Waals surface area (Å²) < 4.78 is 5.88. The van der Waals surface area contributed by atoms with Gasteiger partial charge in [0.1, 0.15) is 18.1 Å². The fourth-order valence-electron chi connectivity index (χ4n) is 4.52. The zero-order chi connectivity index (χ0) is 26.5. The number of ether oxygens (including phenoxy) is 1. The predicted molar refractivity (Wildman–Crippen MR) is 146 cm³/mol. The highest BCUT2D eigenvalue weighted by Crippen LogP contribution is 2.40. The summed E-state index contributed by atoms with van der Waals surface area (Å²) in [4.78, 5) is 29.8. The van der Waals surface area contributed by atoms with Gasteiger partial charge in [-0.1, -0.05) is 53.6 Å². The Labute approximate surface area is 222 Å². The van der Waals surface area contributed by atoms with E-state index >= 15 is 0 Å². The number of Topliss-reactive ketones (excluding diaryl/α,β-unsaturated/α-hetero) is 1. The fraction of sp³-hybridized carbons (Fsp3) is 0.267. The number of likely N-dealkylation sites (tertiary alicyclic amines) is 1. The van der Waals surface area contributed by atoms with E-state index in [1.165, 1.54) is 4.90 Å². The van der Waals surface area contributed by atoms with Crippen molar-refractivity contribution in [3.8, 4) is 5.75 Å². The molecular weight excluding hydrogens is 488 g/mol. The van der Waals surface area contributed by atoms with Crippen LogP contribution in [0.5, 0.6) is 5.75 Å². The highest BCUT2D eigenvalue weighted by atomic mass is 35.5. The van der Waals surface area contributed by atoms with Gasteiger partial charge in [-0.15, -0.1) is 0 Å². The largest absolute Gasteiger partial charge is 0.507 e. The second kappa shape index (κ2) is 11.6. The van der Waals surface area contributed by atoms with E-state index in [4.69, 9.17) is 16.3 Å². The first-order valence-electron chi connectivity index (χ1n) is 12.2. The first-order chi connectivity index (χ1) is 17.7. The molecule has 1 aliphatic rings. The minimum atomic E-state index is -0.724. The van der Waals surface area contributed by atoms with Gasteiger partial charge in [0.25, 0.3) is 11.7 Å². The van der Waals surface area contributed by atoms with Gasteiger partial charge in [0.15, 0.2) is 0 Å². The molecule has 37 heavy (non-hydrogen) atoms. The zero-order valence-corrected chi connectivity index (χ0v) is 22.0. The summed E-state index contributed by atoms with van der Waals surface area (Å²) in [6.45, 7) is 3.58. The Kier molecular flexibility index (Phi) is 8.31. The third-order valence-corrected chi connectivity index (χ3v) is 6.56. The van der Waals surface area contributed by atoms with Gasteiger partial charge < -0.3 is 19.6 Å². The van der Waals surface area contributed by atoms with Gasteiger partial charge in [-0.3, -0.25) is 9.59 Å². The molecule has 0 saturated carbocycles. The lowest BCUT2D eigenvalue weighted by Gasteiger charge is -2.26. The first kappa shape index (κ1) is 26.5. The Balaban J connectivity index is 1.63. The van der Waals surface area contributed by atoms with Crippen molar-refractivity contribution >= 4 is 29.1 Å². The van der Waals surface area contributed by atoms with Crippen LogP contribution < -0.4 is 4.74 Å². The number of carbonyl (C=O) groups excluding carboxylic acids is 2. The van der Waals surface area contributed by atoms with Gasteiger partial charge in [0, 0.05) is 17.1 Å². The second-order valence-corrected chi connectivity index (χ2v) is 9.94. The molecular formula is C30H31ClN2O4. The molecule has 1 saturated heterocycles. The van der Waals surface area contributed by atoms with Gasteiger partial charge in [-0.2, -0.15) is 0 Å². The summed E-state index contributed by atoms with van der Waals surface area (Å²) >= 11 is 6.25. The van der Waals surface area contributed by atoms with E-state index in [-0.39, 0.29) is 11.3 Å². The van der Waals surface area contributed by atoms with E-state index in [1.807, 2.05) is 50.2 Å². The lowest BCUT2D eigenvalue weighted by molar-refractivity contribution is -0.139. The van der Waals surface area contributed by atoms with E-state index in [9.17, 15) is 14.7 Å². The number of hydrogen-bond donors (Lipinski definition) is 1. The molecule has 7 heteroatoms. The van der Waals surface area contributed by atoms with Crippen molar-refractivity contribution < 1.29 is 19.4 Å². The number of nitrogens with zero attached hydrogens (tertiary/aromatic N) is 2. The van der Waals surface area contributed by atoms with Crippen molar-refractivity contribution in [3.05, 3.63) is 106 Å². The summed E-state index contributed by atoms with van der Waals surface area (Å²) in [7, 11) is 3.91. The van der Waals surface area contributed by atoms with Crippen LogP contribution in [-0.2, 0) is 16.2 Å². The average molecular weight is 519 g/mol. The number of benzene rings is 3. The molecule has 0 spiro atoms. The topological polar surface area (TPSA) is 70.1 Å². The van der Waals surface area contributed by atoms with Gasteiger partial charge in [0.2, 0.25) is 0 Å². The van der Waals surface area contributed by atoms with Crippen molar-refractivity contribution in [2.24, 2.45) is 0 Å². The Morgan fingerprint density at radius 2 is 1.76 bits per heavy atom. The number of aliphatic hydroxyl groups excluding tert-OH is 1. The molecule has 6 nitrogen and oxygen atoms in total. The maximum Gasteiger partial charge on any atom is 0.295 e. The molecule has 0 radical (unpaired) electrons. The lowest BCUT2D eigenvalue weighted by atomic mass is 9.95. The summed E-state index contributed by atoms with van der Waals surface area (Å²) in [5, 5.41) is 11.8. The van der Waals surface area contributed by atoms with Crippen LogP contribution >= 0.6 is 11.6 Å². The minimum Gasteiger partial charge on any atom is -0.507 e. The fourth-order valence-corrected chi connectivity index (χ4v) is 4.72. The Morgan fingerprint density at radius 1 is 1.03 bits per heavy atom. The van der Waals surface area contributed by atoms with Crippen molar-refractivity contribution in [1.82, 2.24) is 9.80 Å². The van der Waals surface area contributed by atoms with Crippen molar-refractivity contribution in [3.63, 3.8) is 0 Å². The molecule has 0 aromatic heterocycles. The van der Waals surface area contributed by atoms with Crippen LogP contribution in [0.15, 0.2) is 78.4 Å². The molecule has 3 aromatic carbocycles. The third kappa shape index (κ3) is 6.21. The zero-order valence-electron chi connectivity index (χ0n) is 21.3. The molecule has 0 bridgehead atoms. The maximum absolute atomic E-state index is 13.2. The van der Waals surface area contributed by atoms with Crippen LogP contribution in [-0.4, -0.2) is 53.8 Å². The molecule has 1 aliphatic heterocycles. The molecule has 192 valence electrons. The second-order valence-electron chi connectivity index (χ2n) is 9.51. The number of aliphatic hydroxyl groups is 1. The van der Waals surface area contributed by atoms with Crippen LogP contribution in [0.3, 0.4) is 0 Å². The molecule has 3 aromatic rings. The first-order valence-corrected chi connectivity index (χ1v) is 12.6. The molecule has 1 amide bonds. The van der Waals surface area contributed by atoms with Gasteiger partial charge in [-0.25, -0.2) is 0 Å². The van der Waals surface area contributed by atoms with Crippen LogP contribution in [0.25, 0.3) is 5.76 Å². The number of carbonyl (C=O) groups is 2. The Morgan fingerprint density at radius 3 is 2.43 bits per heavy atom. The van der Waals surface area contributed by atoms with Gasteiger partial charge in [0.05, 0.1) is 11.6 Å². The summed E-state index contributed by atoms with van der Waals surface area (Å²) in [5.41, 5.74) is 3.39. The van der Waals surface area contributed by atoms with Crippen molar-refractivity contribution in [2.75, 3.05) is 27.2 Å². The SMILES string of the molecule is Cc1cccc(COc2ccc(C(O)=C3C(=O)C(=O)N(CCCN(C)C)C3c3cccc(Cl)c3)cc2)c1.